The van der Waals surface area contributed by atoms with Crippen molar-refractivity contribution in [1.82, 2.24) is 0 Å². The molecule has 1 unspecified atom stereocenters. The Morgan fingerprint density at radius 1 is 0.253 bits per heavy atom. The van der Waals surface area contributed by atoms with E-state index in [4.69, 9.17) is 14.2 Å². The van der Waals surface area contributed by atoms with Gasteiger partial charge in [-0.15, -0.1) is 0 Å². The first-order chi connectivity index (χ1) is 41.0. The highest BCUT2D eigenvalue weighted by molar-refractivity contribution is 5.71. The van der Waals surface area contributed by atoms with Gasteiger partial charge in [0.1, 0.15) is 13.2 Å². The van der Waals surface area contributed by atoms with Gasteiger partial charge in [-0.1, -0.05) is 342 Å². The fourth-order valence-corrected chi connectivity index (χ4v) is 10.0. The average molecular weight is 1150 g/mol. The molecule has 1 atom stereocenters. The Balaban J connectivity index is 4.26. The predicted molar refractivity (Wildman–Crippen MR) is 362 cm³/mol. The highest BCUT2D eigenvalue weighted by Crippen LogP contribution is 2.17. The van der Waals surface area contributed by atoms with E-state index in [2.05, 4.69) is 130 Å². The summed E-state index contributed by atoms with van der Waals surface area (Å²) >= 11 is 0. The van der Waals surface area contributed by atoms with E-state index in [1.54, 1.807) is 0 Å². The molecule has 6 heteroatoms. The molecule has 0 aromatic carbocycles. The lowest BCUT2D eigenvalue weighted by Gasteiger charge is -2.18. The van der Waals surface area contributed by atoms with Crippen molar-refractivity contribution in [3.05, 3.63) is 109 Å². The van der Waals surface area contributed by atoms with Gasteiger partial charge in [0.05, 0.1) is 0 Å². The van der Waals surface area contributed by atoms with Gasteiger partial charge in [-0.25, -0.2) is 0 Å². The van der Waals surface area contributed by atoms with E-state index < -0.39 is 6.10 Å². The van der Waals surface area contributed by atoms with Gasteiger partial charge in [-0.3, -0.25) is 14.4 Å². The van der Waals surface area contributed by atoms with Crippen molar-refractivity contribution in [2.45, 2.75) is 348 Å². The average Bonchev–Trinajstić information content (AvgIpc) is 3.49. The number of hydrogen-bond donors (Lipinski definition) is 0. The lowest BCUT2D eigenvalue weighted by atomic mass is 10.0. The van der Waals surface area contributed by atoms with Crippen LogP contribution in [0.1, 0.15) is 342 Å². The summed E-state index contributed by atoms with van der Waals surface area (Å²) in [5.41, 5.74) is 0. The smallest absolute Gasteiger partial charge is 0.306 e. The molecule has 0 aromatic rings. The number of esters is 3. The largest absolute Gasteiger partial charge is 0.462 e. The molecule has 0 aliphatic carbocycles. The zero-order valence-electron chi connectivity index (χ0n) is 54.7. The van der Waals surface area contributed by atoms with Crippen LogP contribution < -0.4 is 0 Å². The van der Waals surface area contributed by atoms with Crippen molar-refractivity contribution in [3.63, 3.8) is 0 Å². The third-order valence-electron chi connectivity index (χ3n) is 15.3. The Hall–Kier alpha value is -3.93. The molecule has 0 saturated carbocycles. The molecule has 83 heavy (non-hydrogen) atoms. The van der Waals surface area contributed by atoms with Crippen molar-refractivity contribution in [1.29, 1.82) is 0 Å². The van der Waals surface area contributed by atoms with E-state index in [1.807, 2.05) is 0 Å². The maximum Gasteiger partial charge on any atom is 0.306 e. The van der Waals surface area contributed by atoms with Gasteiger partial charge < -0.3 is 14.2 Å². The van der Waals surface area contributed by atoms with Crippen LogP contribution in [0.15, 0.2) is 109 Å². The molecule has 0 bridgehead atoms. The Morgan fingerprint density at radius 3 is 0.735 bits per heavy atom. The maximum atomic E-state index is 12.9. The first kappa shape index (κ1) is 79.1. The summed E-state index contributed by atoms with van der Waals surface area (Å²) in [5.74, 6) is -0.870. The van der Waals surface area contributed by atoms with Crippen LogP contribution in [0.25, 0.3) is 0 Å². The minimum Gasteiger partial charge on any atom is -0.462 e. The first-order valence-corrected chi connectivity index (χ1v) is 35.4. The number of rotatable bonds is 64. The minimum absolute atomic E-state index is 0.0760. The number of carbonyl (C=O) groups is 3. The number of ether oxygens (including phenoxy) is 3. The van der Waals surface area contributed by atoms with E-state index in [0.717, 1.165) is 122 Å². The van der Waals surface area contributed by atoms with Gasteiger partial charge in [0, 0.05) is 19.3 Å². The van der Waals surface area contributed by atoms with E-state index in [-0.39, 0.29) is 31.1 Å². The van der Waals surface area contributed by atoms with Crippen LogP contribution in [0.5, 0.6) is 0 Å². The quantitative estimate of drug-likeness (QED) is 0.0261. The van der Waals surface area contributed by atoms with Gasteiger partial charge in [-0.2, -0.15) is 0 Å². The van der Waals surface area contributed by atoms with Crippen molar-refractivity contribution < 1.29 is 28.6 Å². The minimum atomic E-state index is -0.780. The molecule has 0 radical (unpaired) electrons. The van der Waals surface area contributed by atoms with E-state index in [0.29, 0.717) is 19.3 Å². The summed E-state index contributed by atoms with van der Waals surface area (Å²) in [6.45, 7) is 6.56. The van der Waals surface area contributed by atoms with Gasteiger partial charge in [0.2, 0.25) is 0 Å². The normalized spacial score (nSPS) is 12.8. The highest BCUT2D eigenvalue weighted by Gasteiger charge is 2.19. The lowest BCUT2D eigenvalue weighted by molar-refractivity contribution is -0.167. The van der Waals surface area contributed by atoms with Crippen LogP contribution in [0, 0.1) is 0 Å². The van der Waals surface area contributed by atoms with E-state index >= 15 is 0 Å². The molecule has 0 heterocycles. The zero-order chi connectivity index (χ0) is 59.9. The second-order valence-electron chi connectivity index (χ2n) is 23.4. The Kier molecular flexibility index (Phi) is 67.2. The predicted octanol–water partition coefficient (Wildman–Crippen LogP) is 24.6. The van der Waals surface area contributed by atoms with Crippen LogP contribution >= 0.6 is 0 Å². The topological polar surface area (TPSA) is 78.9 Å². The zero-order valence-corrected chi connectivity index (χ0v) is 54.7. The third kappa shape index (κ3) is 68.7. The Bertz CT molecular complexity index is 1660. The third-order valence-corrected chi connectivity index (χ3v) is 15.3. The molecular weight excluding hydrogens is 1020 g/mol. The van der Waals surface area contributed by atoms with Gasteiger partial charge in [0.15, 0.2) is 6.10 Å². The lowest BCUT2D eigenvalue weighted by Crippen LogP contribution is -2.30. The SMILES string of the molecule is CC/C=C\C/C=C\C/C=C\C/C=C\C/C=C\C/C=C\C/C=C\C/C=C\C/C=C\CCCCCCCCCC(=O)OCC(COC(=O)CCCCCCCCCCCCCCCCC)OC(=O)CCCCCCCCCCCCCCCCC. The molecule has 0 N–H and O–H groups in total. The second kappa shape index (κ2) is 70.6. The van der Waals surface area contributed by atoms with Crippen LogP contribution in [0.4, 0.5) is 0 Å². The molecule has 0 aromatic heterocycles. The van der Waals surface area contributed by atoms with E-state index in [1.165, 1.54) is 180 Å². The standard InChI is InChI=1S/C77H132O6/c1-4-7-10-13-16-19-22-25-28-29-30-31-32-33-34-35-36-37-38-39-40-41-42-43-44-45-46-47-50-52-55-58-61-64-67-70-76(79)82-73-74(83-77(80)71-68-65-62-59-56-53-49-27-24-21-18-15-12-9-6-3)72-81-75(78)69-66-63-60-57-54-51-48-26-23-20-17-14-11-8-5-2/h7,10,16,19,25,28,30-31,33-34,36-37,39-40,42-43,45-46,74H,4-6,8-9,11-15,17-18,20-24,26-27,29,32,35,38,41,44,47-73H2,1-3H3/b10-7-,19-16-,28-25-,31-30-,34-33-,37-36-,40-39-,43-42-,46-45-. The summed E-state index contributed by atoms with van der Waals surface area (Å²) < 4.78 is 17.0. The highest BCUT2D eigenvalue weighted by atomic mass is 16.6. The van der Waals surface area contributed by atoms with Crippen molar-refractivity contribution in [3.8, 4) is 0 Å². The van der Waals surface area contributed by atoms with Crippen LogP contribution in [0.3, 0.4) is 0 Å². The molecule has 0 spiro atoms. The van der Waals surface area contributed by atoms with Crippen LogP contribution in [0.2, 0.25) is 0 Å². The van der Waals surface area contributed by atoms with Crippen molar-refractivity contribution in [2.75, 3.05) is 13.2 Å². The molecule has 476 valence electrons. The molecular formula is C77H132O6. The van der Waals surface area contributed by atoms with Gasteiger partial charge in [-0.05, 0) is 89.9 Å². The number of unbranched alkanes of at least 4 members (excludes halogenated alkanes) is 35. The Labute approximate surface area is 514 Å². The maximum absolute atomic E-state index is 12.9. The molecule has 0 saturated heterocycles. The molecule has 0 aliphatic heterocycles. The van der Waals surface area contributed by atoms with Crippen LogP contribution in [-0.2, 0) is 28.6 Å². The summed E-state index contributed by atoms with van der Waals surface area (Å²) in [4.78, 5) is 38.4. The molecule has 6 nitrogen and oxygen atoms in total. The molecule has 0 rings (SSSR count). The van der Waals surface area contributed by atoms with Gasteiger partial charge in [0.25, 0.3) is 0 Å². The number of hydrogen-bond acceptors (Lipinski definition) is 6. The summed E-state index contributed by atoms with van der Waals surface area (Å²) in [6.07, 6.45) is 96.8. The molecule has 0 fully saturated rings. The fourth-order valence-electron chi connectivity index (χ4n) is 10.0. The number of allylic oxidation sites excluding steroid dienone is 18. The summed E-state index contributed by atoms with van der Waals surface area (Å²) in [6, 6.07) is 0. The number of carbonyl (C=O) groups excluding carboxylic acids is 3. The summed E-state index contributed by atoms with van der Waals surface area (Å²) in [7, 11) is 0. The molecule has 0 aliphatic rings. The summed E-state index contributed by atoms with van der Waals surface area (Å²) in [5, 5.41) is 0. The Morgan fingerprint density at radius 2 is 0.470 bits per heavy atom. The first-order valence-electron chi connectivity index (χ1n) is 35.4. The fraction of sp³-hybridized carbons (Fsp3) is 0.727. The van der Waals surface area contributed by atoms with Crippen LogP contribution in [-0.4, -0.2) is 37.2 Å². The van der Waals surface area contributed by atoms with Crippen molar-refractivity contribution in [2.24, 2.45) is 0 Å². The van der Waals surface area contributed by atoms with Gasteiger partial charge >= 0.3 is 17.9 Å². The second-order valence-corrected chi connectivity index (χ2v) is 23.4. The monoisotopic (exact) mass is 1150 g/mol. The van der Waals surface area contributed by atoms with E-state index in [9.17, 15) is 14.4 Å². The molecule has 0 amide bonds. The van der Waals surface area contributed by atoms with Crippen molar-refractivity contribution >= 4 is 17.9 Å².